The highest BCUT2D eigenvalue weighted by atomic mass is 79.9. The van der Waals surface area contributed by atoms with E-state index < -0.39 is 0 Å². The minimum atomic E-state index is 0.301. The number of piperidine rings is 1. The van der Waals surface area contributed by atoms with E-state index in [1.807, 2.05) is 0 Å². The van der Waals surface area contributed by atoms with E-state index in [1.165, 1.54) is 36.9 Å². The molecule has 2 aromatic rings. The van der Waals surface area contributed by atoms with Gasteiger partial charge in [0.25, 0.3) is 0 Å². The normalized spacial score (nSPS) is 18.2. The van der Waals surface area contributed by atoms with Gasteiger partial charge in [-0.15, -0.1) is 0 Å². The van der Waals surface area contributed by atoms with Crippen molar-refractivity contribution in [3.63, 3.8) is 0 Å². The third-order valence-electron chi connectivity index (χ3n) is 4.84. The molecule has 0 aliphatic carbocycles. The third kappa shape index (κ3) is 3.38. The minimum Gasteiger partial charge on any atom is -0.298 e. The Morgan fingerprint density at radius 1 is 1.23 bits per heavy atom. The maximum atomic E-state index is 4.76. The molecule has 1 aromatic carbocycles. The molecular weight excluding hydrogens is 338 g/mol. The number of aromatic nitrogens is 2. The molecule has 0 amide bonds. The van der Waals surface area contributed by atoms with Crippen molar-refractivity contribution in [1.29, 1.82) is 0 Å². The lowest BCUT2D eigenvalue weighted by atomic mass is 9.93. The summed E-state index contributed by atoms with van der Waals surface area (Å²) in [6, 6.07) is 4.34. The van der Waals surface area contributed by atoms with E-state index in [0.717, 1.165) is 22.5 Å². The summed E-state index contributed by atoms with van der Waals surface area (Å²) in [7, 11) is 0. The van der Waals surface area contributed by atoms with Crippen LogP contribution >= 0.6 is 15.9 Å². The third-order valence-corrected chi connectivity index (χ3v) is 5.70. The molecule has 120 valence electrons. The van der Waals surface area contributed by atoms with Crippen LogP contribution in [0.4, 0.5) is 0 Å². The van der Waals surface area contributed by atoms with Gasteiger partial charge >= 0.3 is 0 Å². The standard InChI is InChI=1S/C18H26BrN3/c1-13-9-17-15(10-16(13)19)12-22(20-17)11-14-5-7-21(8-6-14)18(2,3)4/h9-10,12,14H,5-8,11H2,1-4H3. The summed E-state index contributed by atoms with van der Waals surface area (Å²) in [5.74, 6) is 0.748. The Labute approximate surface area is 141 Å². The first kappa shape index (κ1) is 16.0. The average Bonchev–Trinajstić information content (AvgIpc) is 2.80. The summed E-state index contributed by atoms with van der Waals surface area (Å²) in [6.07, 6.45) is 4.74. The Kier molecular flexibility index (Phi) is 4.34. The van der Waals surface area contributed by atoms with Crippen molar-refractivity contribution >= 4 is 26.8 Å². The molecule has 2 heterocycles. The van der Waals surface area contributed by atoms with Crippen LogP contribution in [0.1, 0.15) is 39.2 Å². The molecular formula is C18H26BrN3. The minimum absolute atomic E-state index is 0.301. The predicted molar refractivity (Wildman–Crippen MR) is 96.2 cm³/mol. The maximum Gasteiger partial charge on any atom is 0.0926 e. The number of fused-ring (bicyclic) bond motifs is 1. The van der Waals surface area contributed by atoms with E-state index >= 15 is 0 Å². The molecule has 0 unspecified atom stereocenters. The average molecular weight is 364 g/mol. The Bertz CT molecular complexity index is 622. The summed E-state index contributed by atoms with van der Waals surface area (Å²) >= 11 is 3.61. The summed E-state index contributed by atoms with van der Waals surface area (Å²) < 4.78 is 3.31. The highest BCUT2D eigenvalue weighted by Gasteiger charge is 2.27. The molecule has 1 aliphatic heterocycles. The summed E-state index contributed by atoms with van der Waals surface area (Å²) in [5.41, 5.74) is 2.65. The van der Waals surface area contributed by atoms with E-state index in [-0.39, 0.29) is 0 Å². The van der Waals surface area contributed by atoms with Gasteiger partial charge in [0.1, 0.15) is 0 Å². The lowest BCUT2D eigenvalue weighted by Gasteiger charge is -2.40. The molecule has 0 atom stereocenters. The highest BCUT2D eigenvalue weighted by Crippen LogP contribution is 2.26. The number of hydrogen-bond acceptors (Lipinski definition) is 2. The second kappa shape index (κ2) is 5.97. The second-order valence-electron chi connectivity index (χ2n) is 7.61. The highest BCUT2D eigenvalue weighted by molar-refractivity contribution is 9.10. The van der Waals surface area contributed by atoms with E-state index in [0.29, 0.717) is 5.54 Å². The lowest BCUT2D eigenvalue weighted by Crippen LogP contribution is -2.46. The first-order chi connectivity index (χ1) is 10.3. The zero-order valence-corrected chi connectivity index (χ0v) is 15.7. The van der Waals surface area contributed by atoms with Crippen molar-refractivity contribution in [3.8, 4) is 0 Å². The molecule has 0 bridgehead atoms. The van der Waals surface area contributed by atoms with Gasteiger partial charge in [-0.05, 0) is 77.2 Å². The maximum absolute atomic E-state index is 4.76. The fraction of sp³-hybridized carbons (Fsp3) is 0.611. The van der Waals surface area contributed by atoms with Crippen molar-refractivity contribution in [1.82, 2.24) is 14.7 Å². The van der Waals surface area contributed by atoms with Crippen LogP contribution < -0.4 is 0 Å². The number of benzene rings is 1. The van der Waals surface area contributed by atoms with E-state index in [9.17, 15) is 0 Å². The zero-order valence-electron chi connectivity index (χ0n) is 14.1. The molecule has 4 heteroatoms. The van der Waals surface area contributed by atoms with Crippen molar-refractivity contribution in [2.24, 2.45) is 5.92 Å². The lowest BCUT2D eigenvalue weighted by molar-refractivity contribution is 0.0822. The number of likely N-dealkylation sites (tertiary alicyclic amines) is 1. The smallest absolute Gasteiger partial charge is 0.0926 e. The Balaban J connectivity index is 1.67. The van der Waals surface area contributed by atoms with Gasteiger partial charge in [-0.1, -0.05) is 15.9 Å². The first-order valence-corrected chi connectivity index (χ1v) is 9.00. The van der Waals surface area contributed by atoms with Gasteiger partial charge in [-0.25, -0.2) is 0 Å². The van der Waals surface area contributed by atoms with Gasteiger partial charge in [-0.2, -0.15) is 5.10 Å². The SMILES string of the molecule is Cc1cc2nn(CC3CCN(C(C)(C)C)CC3)cc2cc1Br. The molecule has 3 nitrogen and oxygen atoms in total. The van der Waals surface area contributed by atoms with Crippen LogP contribution in [-0.4, -0.2) is 33.3 Å². The molecule has 1 fully saturated rings. The fourth-order valence-electron chi connectivity index (χ4n) is 3.34. The van der Waals surface area contributed by atoms with Crippen molar-refractivity contribution in [2.75, 3.05) is 13.1 Å². The Morgan fingerprint density at radius 3 is 2.55 bits per heavy atom. The van der Waals surface area contributed by atoms with Crippen molar-refractivity contribution in [2.45, 2.75) is 52.6 Å². The molecule has 1 aliphatic rings. The molecule has 0 radical (unpaired) electrons. The molecule has 1 aromatic heterocycles. The first-order valence-electron chi connectivity index (χ1n) is 8.21. The largest absolute Gasteiger partial charge is 0.298 e. The zero-order chi connectivity index (χ0) is 15.9. The molecule has 0 spiro atoms. The van der Waals surface area contributed by atoms with E-state index in [1.54, 1.807) is 0 Å². The number of hydrogen-bond donors (Lipinski definition) is 0. The molecule has 0 N–H and O–H groups in total. The van der Waals surface area contributed by atoms with Gasteiger partial charge in [0.05, 0.1) is 5.52 Å². The van der Waals surface area contributed by atoms with Gasteiger partial charge in [0.2, 0.25) is 0 Å². The van der Waals surface area contributed by atoms with E-state index in [2.05, 4.69) is 71.5 Å². The van der Waals surface area contributed by atoms with Crippen LogP contribution in [0.5, 0.6) is 0 Å². The van der Waals surface area contributed by atoms with Crippen molar-refractivity contribution in [3.05, 3.63) is 28.4 Å². The molecule has 3 rings (SSSR count). The summed E-state index contributed by atoms with van der Waals surface area (Å²) in [4.78, 5) is 2.60. The van der Waals surface area contributed by atoms with Gasteiger partial charge in [-0.3, -0.25) is 9.58 Å². The topological polar surface area (TPSA) is 21.1 Å². The van der Waals surface area contributed by atoms with Crippen LogP contribution in [-0.2, 0) is 6.54 Å². The second-order valence-corrected chi connectivity index (χ2v) is 8.47. The molecule has 22 heavy (non-hydrogen) atoms. The van der Waals surface area contributed by atoms with Crippen molar-refractivity contribution < 1.29 is 0 Å². The number of aryl methyl sites for hydroxylation is 1. The van der Waals surface area contributed by atoms with Crippen LogP contribution in [0.2, 0.25) is 0 Å². The van der Waals surface area contributed by atoms with Crippen LogP contribution in [0, 0.1) is 12.8 Å². The van der Waals surface area contributed by atoms with Gasteiger partial charge in [0.15, 0.2) is 0 Å². The molecule has 1 saturated heterocycles. The fourth-order valence-corrected chi connectivity index (χ4v) is 3.70. The van der Waals surface area contributed by atoms with Crippen LogP contribution in [0.15, 0.2) is 22.8 Å². The Morgan fingerprint density at radius 2 is 1.91 bits per heavy atom. The van der Waals surface area contributed by atoms with Gasteiger partial charge in [0, 0.05) is 28.1 Å². The molecule has 0 saturated carbocycles. The predicted octanol–water partition coefficient (Wildman–Crippen LogP) is 4.62. The van der Waals surface area contributed by atoms with Gasteiger partial charge < -0.3 is 0 Å². The number of halogens is 1. The summed E-state index contributed by atoms with van der Waals surface area (Å²) in [6.45, 7) is 12.5. The quantitative estimate of drug-likeness (QED) is 0.776. The Hall–Kier alpha value is -0.870. The monoisotopic (exact) mass is 363 g/mol. The number of nitrogens with zero attached hydrogens (tertiary/aromatic N) is 3. The summed E-state index contributed by atoms with van der Waals surface area (Å²) in [5, 5.41) is 5.99. The number of rotatable bonds is 2. The van der Waals surface area contributed by atoms with Crippen LogP contribution in [0.3, 0.4) is 0 Å². The van der Waals surface area contributed by atoms with E-state index in [4.69, 9.17) is 5.10 Å². The van der Waals surface area contributed by atoms with Crippen LogP contribution in [0.25, 0.3) is 10.9 Å².